The van der Waals surface area contributed by atoms with Crippen LogP contribution in [0.4, 0.5) is 0 Å². The summed E-state index contributed by atoms with van der Waals surface area (Å²) in [7, 11) is 8.31. The molecule has 2 saturated heterocycles. The summed E-state index contributed by atoms with van der Waals surface area (Å²) in [6.45, 7) is 6.42. The summed E-state index contributed by atoms with van der Waals surface area (Å²) in [6, 6.07) is 15.0. The lowest BCUT2D eigenvalue weighted by molar-refractivity contribution is -0.126. The van der Waals surface area contributed by atoms with Gasteiger partial charge in [0.2, 0.25) is 0 Å². The predicted molar refractivity (Wildman–Crippen MR) is 196 cm³/mol. The van der Waals surface area contributed by atoms with E-state index < -0.39 is 0 Å². The summed E-state index contributed by atoms with van der Waals surface area (Å²) in [5.74, 6) is 1.66. The van der Waals surface area contributed by atoms with Crippen LogP contribution in [0, 0.1) is 11.8 Å². The van der Waals surface area contributed by atoms with Crippen molar-refractivity contribution >= 4 is 28.8 Å². The molecule has 48 heavy (non-hydrogen) atoms. The molecule has 7 rings (SSSR count). The van der Waals surface area contributed by atoms with E-state index in [1.54, 1.807) is 0 Å². The Hall–Kier alpha value is -3.42. The quantitative estimate of drug-likeness (QED) is 0.278. The highest BCUT2D eigenvalue weighted by molar-refractivity contribution is 6.04. The zero-order valence-corrected chi connectivity index (χ0v) is 29.7. The van der Waals surface area contributed by atoms with Gasteiger partial charge in [-0.05, 0) is 113 Å². The van der Waals surface area contributed by atoms with Crippen LogP contribution >= 0.6 is 0 Å². The Labute approximate surface area is 287 Å². The third-order valence-electron chi connectivity index (χ3n) is 11.7. The second-order valence-corrected chi connectivity index (χ2v) is 15.6. The summed E-state index contributed by atoms with van der Waals surface area (Å²) in [5.41, 5.74) is 7.59. The molecule has 3 aliphatic heterocycles. The molecule has 1 aromatic heterocycles. The number of fused-ring (bicyclic) bond motifs is 5. The van der Waals surface area contributed by atoms with Gasteiger partial charge in [-0.3, -0.25) is 9.59 Å². The molecule has 3 fully saturated rings. The van der Waals surface area contributed by atoms with Gasteiger partial charge in [0.1, 0.15) is 0 Å². The molecular formula is C41H55N5O2. The van der Waals surface area contributed by atoms with E-state index in [1.807, 2.05) is 23.9 Å². The number of nitrogens with zero attached hydrogens (tertiary/aromatic N) is 5. The van der Waals surface area contributed by atoms with Crippen LogP contribution in [-0.4, -0.2) is 103 Å². The summed E-state index contributed by atoms with van der Waals surface area (Å²) in [4.78, 5) is 37.0. The van der Waals surface area contributed by atoms with Gasteiger partial charge in [0.15, 0.2) is 0 Å². The van der Waals surface area contributed by atoms with Crippen molar-refractivity contribution in [3.8, 4) is 11.3 Å². The standard InChI is InChI=1S/C41H55N5O2/c1-42-20-10-12-29(24-42)26-44(3)40(47)33-18-19-36-37(23-33)46-28-34(41(48)45(4)27-30-13-11-21-43(2)25-30)22-32-16-8-9-17-35(32)39(46)38(36)31-14-6-5-7-15-31/h8-9,16-19,22-23,29-31H,5-7,10-15,20-21,24-28H2,1-4H3. The van der Waals surface area contributed by atoms with Gasteiger partial charge in [0, 0.05) is 67.9 Å². The van der Waals surface area contributed by atoms with E-state index in [9.17, 15) is 9.59 Å². The van der Waals surface area contributed by atoms with E-state index in [2.05, 4.69) is 77.0 Å². The maximum atomic E-state index is 14.3. The molecule has 256 valence electrons. The zero-order valence-electron chi connectivity index (χ0n) is 29.7. The van der Waals surface area contributed by atoms with Gasteiger partial charge in [-0.1, -0.05) is 49.6 Å². The third-order valence-corrected chi connectivity index (χ3v) is 11.7. The van der Waals surface area contributed by atoms with Crippen LogP contribution in [0.15, 0.2) is 48.0 Å². The smallest absolute Gasteiger partial charge is 0.253 e. The van der Waals surface area contributed by atoms with Crippen LogP contribution in [0.3, 0.4) is 0 Å². The molecular weight excluding hydrogens is 594 g/mol. The Balaban J connectivity index is 1.28. The Morgan fingerprint density at radius 1 is 0.771 bits per heavy atom. The highest BCUT2D eigenvalue weighted by Gasteiger charge is 2.32. The lowest BCUT2D eigenvalue weighted by atomic mass is 9.81. The largest absolute Gasteiger partial charge is 0.342 e. The molecule has 7 nitrogen and oxygen atoms in total. The summed E-state index contributed by atoms with van der Waals surface area (Å²) < 4.78 is 2.39. The van der Waals surface area contributed by atoms with E-state index in [-0.39, 0.29) is 11.8 Å². The Morgan fingerprint density at radius 2 is 1.42 bits per heavy atom. The minimum Gasteiger partial charge on any atom is -0.342 e. The van der Waals surface area contributed by atoms with Crippen molar-refractivity contribution in [2.24, 2.45) is 11.8 Å². The van der Waals surface area contributed by atoms with Crippen LogP contribution in [-0.2, 0) is 11.3 Å². The SMILES string of the molecule is CN1CCCC(CN(C)C(=O)C2=Cc3ccccc3-c3c(C4CCCCC4)c4ccc(C(=O)N(C)CC5CCCN(C)C5)cc4n3C2)C1. The number of piperidine rings is 2. The van der Waals surface area contributed by atoms with Crippen molar-refractivity contribution < 1.29 is 9.59 Å². The number of hydrogen-bond acceptors (Lipinski definition) is 4. The molecule has 7 heteroatoms. The first-order chi connectivity index (χ1) is 23.3. The molecule has 0 spiro atoms. The minimum absolute atomic E-state index is 0.0814. The number of aromatic nitrogens is 1. The highest BCUT2D eigenvalue weighted by Crippen LogP contribution is 2.46. The van der Waals surface area contributed by atoms with Crippen LogP contribution in [0.1, 0.15) is 85.2 Å². The molecule has 2 unspecified atom stereocenters. The highest BCUT2D eigenvalue weighted by atomic mass is 16.2. The molecule has 4 aliphatic rings. The van der Waals surface area contributed by atoms with Crippen LogP contribution in [0.2, 0.25) is 0 Å². The minimum atomic E-state index is 0.0814. The average molecular weight is 650 g/mol. The molecule has 2 amide bonds. The van der Waals surface area contributed by atoms with E-state index in [0.717, 1.165) is 61.5 Å². The molecule has 0 radical (unpaired) electrons. The fraction of sp³-hybridized carbons (Fsp3) is 0.561. The number of benzene rings is 2. The number of amides is 2. The first kappa shape index (κ1) is 33.1. The Morgan fingerprint density at radius 3 is 2.08 bits per heavy atom. The second-order valence-electron chi connectivity index (χ2n) is 15.6. The van der Waals surface area contributed by atoms with Crippen molar-refractivity contribution in [2.75, 3.05) is 67.5 Å². The molecule has 1 aliphatic carbocycles. The Kier molecular flexibility index (Phi) is 9.79. The number of carbonyl (C=O) groups excluding carboxylic acids is 2. The monoisotopic (exact) mass is 649 g/mol. The summed E-state index contributed by atoms with van der Waals surface area (Å²) >= 11 is 0. The van der Waals surface area contributed by atoms with Crippen molar-refractivity contribution in [2.45, 2.75) is 70.3 Å². The first-order valence-electron chi connectivity index (χ1n) is 18.6. The predicted octanol–water partition coefficient (Wildman–Crippen LogP) is 6.97. The van der Waals surface area contributed by atoms with Gasteiger partial charge in [0.25, 0.3) is 11.8 Å². The summed E-state index contributed by atoms with van der Waals surface area (Å²) in [6.07, 6.45) is 13.0. The maximum absolute atomic E-state index is 14.3. The molecule has 3 aromatic rings. The molecule has 2 atom stereocenters. The normalized spacial score (nSPS) is 22.5. The van der Waals surface area contributed by atoms with Gasteiger partial charge in [-0.25, -0.2) is 0 Å². The number of hydrogen-bond donors (Lipinski definition) is 0. The first-order valence-corrected chi connectivity index (χ1v) is 18.6. The van der Waals surface area contributed by atoms with Gasteiger partial charge in [0.05, 0.1) is 12.2 Å². The number of likely N-dealkylation sites (tertiary alicyclic amines) is 2. The number of likely N-dealkylation sites (N-methyl/N-ethyl adjacent to an activating group) is 1. The maximum Gasteiger partial charge on any atom is 0.253 e. The van der Waals surface area contributed by atoms with Gasteiger partial charge < -0.3 is 24.2 Å². The van der Waals surface area contributed by atoms with Crippen LogP contribution in [0.25, 0.3) is 28.2 Å². The van der Waals surface area contributed by atoms with Crippen LogP contribution < -0.4 is 0 Å². The van der Waals surface area contributed by atoms with Crippen LogP contribution in [0.5, 0.6) is 0 Å². The molecule has 1 saturated carbocycles. The molecule has 2 aromatic carbocycles. The van der Waals surface area contributed by atoms with Crippen molar-refractivity contribution in [1.29, 1.82) is 0 Å². The molecule has 0 bridgehead atoms. The van der Waals surface area contributed by atoms with Crippen molar-refractivity contribution in [1.82, 2.24) is 24.2 Å². The lowest BCUT2D eigenvalue weighted by Crippen LogP contribution is -2.40. The fourth-order valence-corrected chi connectivity index (χ4v) is 9.39. The van der Waals surface area contributed by atoms with E-state index in [4.69, 9.17) is 0 Å². The van der Waals surface area contributed by atoms with Crippen molar-refractivity contribution in [3.05, 3.63) is 64.7 Å². The second kappa shape index (κ2) is 14.2. The van der Waals surface area contributed by atoms with E-state index in [1.165, 1.54) is 80.0 Å². The average Bonchev–Trinajstić information content (AvgIpc) is 3.30. The summed E-state index contributed by atoms with van der Waals surface area (Å²) in [5, 5.41) is 1.24. The van der Waals surface area contributed by atoms with Gasteiger partial charge in [-0.2, -0.15) is 0 Å². The zero-order chi connectivity index (χ0) is 33.4. The number of rotatable bonds is 7. The number of carbonyl (C=O) groups is 2. The van der Waals surface area contributed by atoms with E-state index in [0.29, 0.717) is 24.3 Å². The third kappa shape index (κ3) is 6.73. The fourth-order valence-electron chi connectivity index (χ4n) is 9.39. The topological polar surface area (TPSA) is 52.0 Å². The van der Waals surface area contributed by atoms with Crippen molar-refractivity contribution in [3.63, 3.8) is 0 Å². The van der Waals surface area contributed by atoms with E-state index >= 15 is 0 Å². The van der Waals surface area contributed by atoms with Gasteiger partial charge >= 0.3 is 0 Å². The lowest BCUT2D eigenvalue weighted by Gasteiger charge is -2.32. The molecule has 0 N–H and O–H groups in total. The Bertz CT molecular complexity index is 1680. The van der Waals surface area contributed by atoms with Gasteiger partial charge in [-0.15, -0.1) is 0 Å². The molecule has 4 heterocycles.